The van der Waals surface area contributed by atoms with Crippen LogP contribution in [0.3, 0.4) is 0 Å². The molecule has 3 aliphatic heterocycles. The van der Waals surface area contributed by atoms with Crippen molar-refractivity contribution in [3.05, 3.63) is 40.9 Å². The summed E-state index contributed by atoms with van der Waals surface area (Å²) in [6.45, 7) is 7.38. The van der Waals surface area contributed by atoms with Gasteiger partial charge in [0.1, 0.15) is 11.7 Å². The zero-order chi connectivity index (χ0) is 21.4. The molecule has 2 saturated carbocycles. The maximum atomic E-state index is 13.0. The van der Waals surface area contributed by atoms with Gasteiger partial charge < -0.3 is 9.47 Å². The van der Waals surface area contributed by atoms with Crippen LogP contribution in [0.25, 0.3) is 5.57 Å². The molecule has 5 aliphatic rings. The van der Waals surface area contributed by atoms with Crippen LogP contribution in [0.2, 0.25) is 5.02 Å². The van der Waals surface area contributed by atoms with Crippen molar-refractivity contribution >= 4 is 23.1 Å². The third-order valence-corrected chi connectivity index (χ3v) is 9.41. The van der Waals surface area contributed by atoms with Gasteiger partial charge in [-0.3, -0.25) is 9.69 Å². The van der Waals surface area contributed by atoms with Crippen molar-refractivity contribution in [2.24, 2.45) is 23.2 Å². The molecule has 1 spiro atoms. The lowest BCUT2D eigenvalue weighted by Crippen LogP contribution is -2.54. The molecule has 2 saturated heterocycles. The minimum absolute atomic E-state index is 0.00280. The Kier molecular flexibility index (Phi) is 4.62. The molecule has 0 amide bonds. The number of hydrogen-bond donors (Lipinski definition) is 0. The van der Waals surface area contributed by atoms with Gasteiger partial charge >= 0.3 is 5.97 Å². The van der Waals surface area contributed by atoms with Crippen molar-refractivity contribution in [2.45, 2.75) is 63.8 Å². The highest BCUT2D eigenvalue weighted by atomic mass is 35.5. The number of epoxide rings is 1. The van der Waals surface area contributed by atoms with Gasteiger partial charge in [-0.1, -0.05) is 50.1 Å². The molecule has 3 heterocycles. The van der Waals surface area contributed by atoms with Crippen LogP contribution < -0.4 is 0 Å². The first-order chi connectivity index (χ1) is 14.9. The van der Waals surface area contributed by atoms with Gasteiger partial charge in [-0.15, -0.1) is 0 Å². The van der Waals surface area contributed by atoms with Gasteiger partial charge in [0, 0.05) is 36.0 Å². The van der Waals surface area contributed by atoms with Crippen LogP contribution in [0, 0.1) is 23.2 Å². The van der Waals surface area contributed by atoms with E-state index in [1.54, 1.807) is 0 Å². The monoisotopic (exact) mass is 441 g/mol. The van der Waals surface area contributed by atoms with Crippen molar-refractivity contribution in [1.82, 2.24) is 4.90 Å². The zero-order valence-electron chi connectivity index (χ0n) is 18.5. The molecule has 166 valence electrons. The largest absolute Gasteiger partial charge is 0.462 e. The van der Waals surface area contributed by atoms with Crippen LogP contribution in [0.15, 0.2) is 30.3 Å². The Morgan fingerprint density at radius 2 is 2.06 bits per heavy atom. The second kappa shape index (κ2) is 7.07. The number of carbonyl (C=O) groups excluding carboxylic acids is 1. The summed E-state index contributed by atoms with van der Waals surface area (Å²) < 4.78 is 12.6. The van der Waals surface area contributed by atoms with Crippen molar-refractivity contribution in [3.8, 4) is 0 Å². The summed E-state index contributed by atoms with van der Waals surface area (Å²) in [6, 6.07) is 8.09. The van der Waals surface area contributed by atoms with E-state index in [9.17, 15) is 4.79 Å². The van der Waals surface area contributed by atoms with E-state index in [0.29, 0.717) is 5.92 Å². The van der Waals surface area contributed by atoms with Gasteiger partial charge in [0.25, 0.3) is 0 Å². The minimum Gasteiger partial charge on any atom is -0.462 e. The van der Waals surface area contributed by atoms with Crippen molar-refractivity contribution in [3.63, 3.8) is 0 Å². The Morgan fingerprint density at radius 3 is 2.81 bits per heavy atom. The minimum atomic E-state index is -0.0569. The number of rotatable bonds is 3. The topological polar surface area (TPSA) is 42.1 Å². The molecule has 4 fully saturated rings. The van der Waals surface area contributed by atoms with E-state index in [0.717, 1.165) is 37.5 Å². The fourth-order valence-corrected chi connectivity index (χ4v) is 7.65. The Labute approximate surface area is 189 Å². The lowest BCUT2D eigenvalue weighted by atomic mass is 9.53. The van der Waals surface area contributed by atoms with Crippen molar-refractivity contribution < 1.29 is 14.3 Å². The molecule has 0 N–H and O–H groups in total. The first kappa shape index (κ1) is 20.3. The fraction of sp³-hybridized carbons (Fsp3) is 0.654. The second-order valence-corrected chi connectivity index (χ2v) is 11.2. The summed E-state index contributed by atoms with van der Waals surface area (Å²) in [7, 11) is 0. The predicted octanol–water partition coefficient (Wildman–Crippen LogP) is 4.95. The maximum absolute atomic E-state index is 13.0. The van der Waals surface area contributed by atoms with Gasteiger partial charge in [0.2, 0.25) is 0 Å². The van der Waals surface area contributed by atoms with Crippen LogP contribution in [-0.4, -0.2) is 48.3 Å². The molecule has 0 radical (unpaired) electrons. The molecular formula is C26H32ClNO3. The van der Waals surface area contributed by atoms with E-state index in [-0.39, 0.29) is 41.0 Å². The Hall–Kier alpha value is -1.36. The molecule has 7 atom stereocenters. The van der Waals surface area contributed by atoms with Crippen LogP contribution in [-0.2, 0) is 14.3 Å². The summed E-state index contributed by atoms with van der Waals surface area (Å²) in [4.78, 5) is 15.4. The number of halogens is 1. The van der Waals surface area contributed by atoms with Crippen LogP contribution in [0.5, 0.6) is 0 Å². The van der Waals surface area contributed by atoms with E-state index < -0.39 is 0 Å². The van der Waals surface area contributed by atoms with Crippen molar-refractivity contribution in [2.75, 3.05) is 19.6 Å². The molecule has 0 bridgehead atoms. The predicted molar refractivity (Wildman–Crippen MR) is 121 cm³/mol. The first-order valence-electron chi connectivity index (χ1n) is 12.0. The van der Waals surface area contributed by atoms with E-state index in [1.165, 1.54) is 30.4 Å². The summed E-state index contributed by atoms with van der Waals surface area (Å²) >= 11 is 6.03. The highest BCUT2D eigenvalue weighted by Crippen LogP contribution is 2.70. The highest BCUT2D eigenvalue weighted by molar-refractivity contribution is 6.30. The zero-order valence-corrected chi connectivity index (χ0v) is 19.2. The molecule has 4 nitrogen and oxygen atoms in total. The van der Waals surface area contributed by atoms with Crippen LogP contribution >= 0.6 is 11.6 Å². The molecule has 5 heteroatoms. The van der Waals surface area contributed by atoms with Gasteiger partial charge in [0.05, 0.1) is 12.0 Å². The van der Waals surface area contributed by atoms with Crippen LogP contribution in [0.1, 0.15) is 51.5 Å². The smallest absolute Gasteiger partial charge is 0.311 e. The molecule has 2 aliphatic carbocycles. The first-order valence-corrected chi connectivity index (χ1v) is 12.3. The maximum Gasteiger partial charge on any atom is 0.311 e. The standard InChI is InChI=1S/C26H32ClNO3/c1-16-4-3-11-25(2)14-21-22(23-26(16,25)31-23)20(24(29)30-21)15-28-12-9-18(10-13-28)17-5-7-19(27)8-6-17/h5-9,16,20-23H,3-4,10-15H2,1-2H3/t16-,20+,21+,22+,23+,25+,26-/m0/s1. The summed E-state index contributed by atoms with van der Waals surface area (Å²) in [5, 5.41) is 0.770. The van der Waals surface area contributed by atoms with Gasteiger partial charge in [0.15, 0.2) is 0 Å². The SMILES string of the molecule is C[C@H]1CCC[C@]2(C)C[C@H]3OC(=O)[C@H](CN4CC=C(c5ccc(Cl)cc5)CC4)[C@H]3[C@H]3O[C@]312. The Bertz CT molecular complexity index is 929. The van der Waals surface area contributed by atoms with E-state index in [2.05, 4.69) is 37.0 Å². The number of nitrogens with zero attached hydrogens (tertiary/aromatic N) is 1. The Balaban J connectivity index is 1.17. The lowest BCUT2D eigenvalue weighted by molar-refractivity contribution is -0.146. The van der Waals surface area contributed by atoms with Gasteiger partial charge in [-0.05, 0) is 54.9 Å². The highest BCUT2D eigenvalue weighted by Gasteiger charge is 2.78. The molecule has 1 aromatic rings. The number of hydrogen-bond acceptors (Lipinski definition) is 4. The molecular weight excluding hydrogens is 410 g/mol. The average molecular weight is 442 g/mol. The number of fused-ring (bicyclic) bond motifs is 2. The summed E-state index contributed by atoms with van der Waals surface area (Å²) in [5.41, 5.74) is 2.76. The molecule has 1 aromatic carbocycles. The van der Waals surface area contributed by atoms with Crippen molar-refractivity contribution in [1.29, 1.82) is 0 Å². The third-order valence-electron chi connectivity index (χ3n) is 9.16. The number of ether oxygens (including phenoxy) is 2. The summed E-state index contributed by atoms with van der Waals surface area (Å²) in [5.74, 6) is 0.748. The van der Waals surface area contributed by atoms with E-state index >= 15 is 0 Å². The Morgan fingerprint density at radius 1 is 1.26 bits per heavy atom. The number of esters is 1. The average Bonchev–Trinajstić information content (AvgIpc) is 3.44. The third kappa shape index (κ3) is 2.98. The number of carbonyl (C=O) groups is 1. The normalized spacial score (nSPS) is 44.0. The lowest BCUT2D eigenvalue weighted by Gasteiger charge is -2.49. The number of benzene rings is 1. The van der Waals surface area contributed by atoms with E-state index in [4.69, 9.17) is 21.1 Å². The van der Waals surface area contributed by atoms with Crippen LogP contribution in [0.4, 0.5) is 0 Å². The molecule has 0 unspecified atom stereocenters. The molecule has 0 aromatic heterocycles. The fourth-order valence-electron chi connectivity index (χ4n) is 7.52. The summed E-state index contributed by atoms with van der Waals surface area (Å²) in [6.07, 6.45) is 8.22. The second-order valence-electron chi connectivity index (χ2n) is 10.8. The van der Waals surface area contributed by atoms with E-state index in [1.807, 2.05) is 12.1 Å². The van der Waals surface area contributed by atoms with Gasteiger partial charge in [-0.2, -0.15) is 0 Å². The molecule has 31 heavy (non-hydrogen) atoms. The molecule has 6 rings (SSSR count). The van der Waals surface area contributed by atoms with Gasteiger partial charge in [-0.25, -0.2) is 0 Å². The quantitative estimate of drug-likeness (QED) is 0.491.